The van der Waals surface area contributed by atoms with Gasteiger partial charge in [0.05, 0.1) is 6.07 Å². The van der Waals surface area contributed by atoms with Gasteiger partial charge >= 0.3 is 0 Å². The molecule has 0 heterocycles. The minimum Gasteiger partial charge on any atom is -0.299 e. The lowest BCUT2D eigenvalue weighted by atomic mass is 9.54. The van der Waals surface area contributed by atoms with Gasteiger partial charge in [0.25, 0.3) is 0 Å². The summed E-state index contributed by atoms with van der Waals surface area (Å²) < 4.78 is 0. The molecule has 0 spiro atoms. The molecule has 0 bridgehead atoms. The van der Waals surface area contributed by atoms with Crippen molar-refractivity contribution in [1.29, 1.82) is 5.26 Å². The summed E-state index contributed by atoms with van der Waals surface area (Å²) in [6.07, 6.45) is 0.699. The van der Waals surface area contributed by atoms with E-state index in [0.29, 0.717) is 30.0 Å². The number of nitrogens with zero attached hydrogens (tertiary/aromatic N) is 1. The van der Waals surface area contributed by atoms with Crippen LogP contribution in [0.4, 0.5) is 0 Å². The molecule has 0 radical (unpaired) electrons. The van der Waals surface area contributed by atoms with E-state index in [4.69, 9.17) is 5.26 Å². The molecular weight excluding hydrogens is 210 g/mol. The van der Waals surface area contributed by atoms with Gasteiger partial charge in [-0.2, -0.15) is 5.26 Å². The van der Waals surface area contributed by atoms with Crippen LogP contribution in [-0.2, 0) is 4.79 Å². The zero-order valence-corrected chi connectivity index (χ0v) is 11.9. The van der Waals surface area contributed by atoms with E-state index < -0.39 is 0 Å². The first kappa shape index (κ1) is 14.2. The van der Waals surface area contributed by atoms with Crippen LogP contribution in [0.25, 0.3) is 0 Å². The monoisotopic (exact) mass is 235 g/mol. The third-order valence-electron chi connectivity index (χ3n) is 5.34. The SMILES string of the molecule is CC(C#N)CC1(C)C(=O)C(C)C(C)C(C)C1C. The molecule has 0 N–H and O–H groups in total. The molecule has 0 saturated heterocycles. The van der Waals surface area contributed by atoms with Gasteiger partial charge in [0.15, 0.2) is 0 Å². The summed E-state index contributed by atoms with van der Waals surface area (Å²) in [5.41, 5.74) is -0.319. The van der Waals surface area contributed by atoms with Crippen molar-refractivity contribution >= 4 is 5.78 Å². The Morgan fingerprint density at radius 1 is 1.29 bits per heavy atom. The average Bonchev–Trinajstić information content (AvgIpc) is 2.32. The zero-order valence-electron chi connectivity index (χ0n) is 11.9. The van der Waals surface area contributed by atoms with Crippen LogP contribution in [0.15, 0.2) is 0 Å². The molecule has 2 nitrogen and oxygen atoms in total. The molecule has 0 aromatic rings. The van der Waals surface area contributed by atoms with E-state index in [9.17, 15) is 4.79 Å². The van der Waals surface area contributed by atoms with Crippen molar-refractivity contribution in [2.24, 2.45) is 35.0 Å². The van der Waals surface area contributed by atoms with Crippen LogP contribution in [-0.4, -0.2) is 5.78 Å². The van der Waals surface area contributed by atoms with Crippen LogP contribution in [0.2, 0.25) is 0 Å². The first-order valence-electron chi connectivity index (χ1n) is 6.69. The van der Waals surface area contributed by atoms with Crippen LogP contribution >= 0.6 is 0 Å². The van der Waals surface area contributed by atoms with Crippen LogP contribution in [0.5, 0.6) is 0 Å². The number of ketones is 1. The highest BCUT2D eigenvalue weighted by atomic mass is 16.1. The number of nitriles is 1. The van der Waals surface area contributed by atoms with Gasteiger partial charge in [-0.05, 0) is 31.1 Å². The maximum atomic E-state index is 12.6. The number of hydrogen-bond donors (Lipinski definition) is 0. The minimum atomic E-state index is -0.319. The van der Waals surface area contributed by atoms with Crippen LogP contribution in [0.1, 0.15) is 48.0 Å². The summed E-state index contributed by atoms with van der Waals surface area (Å²) in [4.78, 5) is 12.6. The molecule has 1 fully saturated rings. The summed E-state index contributed by atoms with van der Waals surface area (Å²) in [5, 5.41) is 8.97. The Morgan fingerprint density at radius 2 is 1.82 bits per heavy atom. The fourth-order valence-electron chi connectivity index (χ4n) is 3.44. The third kappa shape index (κ3) is 2.25. The summed E-state index contributed by atoms with van der Waals surface area (Å²) in [7, 11) is 0. The fraction of sp³-hybridized carbons (Fsp3) is 0.867. The van der Waals surface area contributed by atoms with Gasteiger partial charge in [0.2, 0.25) is 0 Å². The van der Waals surface area contributed by atoms with Crippen molar-refractivity contribution in [3.8, 4) is 6.07 Å². The zero-order chi connectivity index (χ0) is 13.4. The van der Waals surface area contributed by atoms with Gasteiger partial charge < -0.3 is 0 Å². The van der Waals surface area contributed by atoms with Crippen molar-refractivity contribution in [2.75, 3.05) is 0 Å². The quantitative estimate of drug-likeness (QED) is 0.732. The van der Waals surface area contributed by atoms with Crippen molar-refractivity contribution in [3.05, 3.63) is 0 Å². The topological polar surface area (TPSA) is 40.9 Å². The molecule has 0 aromatic heterocycles. The second kappa shape index (κ2) is 4.80. The lowest BCUT2D eigenvalue weighted by molar-refractivity contribution is -0.146. The van der Waals surface area contributed by atoms with Gasteiger partial charge in [0.1, 0.15) is 5.78 Å². The van der Waals surface area contributed by atoms with Gasteiger partial charge in [-0.3, -0.25) is 4.79 Å². The highest BCUT2D eigenvalue weighted by Gasteiger charge is 2.50. The Morgan fingerprint density at radius 3 is 2.29 bits per heavy atom. The molecule has 6 atom stereocenters. The Hall–Kier alpha value is -0.840. The first-order chi connectivity index (χ1) is 7.75. The Kier molecular flexibility index (Phi) is 4.02. The molecule has 0 aliphatic heterocycles. The number of carbonyl (C=O) groups excluding carboxylic acids is 1. The van der Waals surface area contributed by atoms with Gasteiger partial charge in [-0.15, -0.1) is 0 Å². The predicted molar refractivity (Wildman–Crippen MR) is 69.2 cm³/mol. The Balaban J connectivity index is 3.04. The van der Waals surface area contributed by atoms with E-state index in [2.05, 4.69) is 33.8 Å². The molecule has 96 valence electrons. The van der Waals surface area contributed by atoms with E-state index in [0.717, 1.165) is 0 Å². The van der Waals surface area contributed by atoms with Crippen molar-refractivity contribution < 1.29 is 4.79 Å². The highest BCUT2D eigenvalue weighted by Crippen LogP contribution is 2.49. The van der Waals surface area contributed by atoms with Crippen LogP contribution in [0, 0.1) is 46.3 Å². The molecule has 2 heteroatoms. The summed E-state index contributed by atoms with van der Waals surface area (Å²) in [5.74, 6) is 1.78. The molecule has 1 aliphatic rings. The number of Topliss-reactive ketones (excluding diaryl/α,β-unsaturated/α-hetero) is 1. The number of carbonyl (C=O) groups is 1. The van der Waals surface area contributed by atoms with Gasteiger partial charge in [0, 0.05) is 17.3 Å². The molecule has 1 saturated carbocycles. The highest BCUT2D eigenvalue weighted by molar-refractivity contribution is 5.88. The summed E-state index contributed by atoms with van der Waals surface area (Å²) in [6, 6.07) is 2.27. The number of rotatable bonds is 2. The van der Waals surface area contributed by atoms with E-state index in [-0.39, 0.29) is 17.3 Å². The van der Waals surface area contributed by atoms with E-state index in [1.54, 1.807) is 0 Å². The normalized spacial score (nSPS) is 44.2. The first-order valence-corrected chi connectivity index (χ1v) is 6.69. The van der Waals surface area contributed by atoms with Crippen molar-refractivity contribution in [3.63, 3.8) is 0 Å². The Labute approximate surface area is 105 Å². The minimum absolute atomic E-state index is 0.0424. The maximum Gasteiger partial charge on any atom is 0.142 e. The van der Waals surface area contributed by atoms with E-state index in [1.165, 1.54) is 0 Å². The molecule has 17 heavy (non-hydrogen) atoms. The van der Waals surface area contributed by atoms with E-state index >= 15 is 0 Å². The third-order valence-corrected chi connectivity index (χ3v) is 5.34. The Bertz CT molecular complexity index is 343. The van der Waals surface area contributed by atoms with Crippen LogP contribution in [0.3, 0.4) is 0 Å². The average molecular weight is 235 g/mol. The molecule has 1 rings (SSSR count). The van der Waals surface area contributed by atoms with Gasteiger partial charge in [-0.1, -0.05) is 34.6 Å². The molecule has 0 amide bonds. The summed E-state index contributed by atoms with van der Waals surface area (Å²) in [6.45, 7) is 12.6. The van der Waals surface area contributed by atoms with Crippen LogP contribution < -0.4 is 0 Å². The largest absolute Gasteiger partial charge is 0.299 e. The maximum absolute atomic E-state index is 12.6. The van der Waals surface area contributed by atoms with Crippen molar-refractivity contribution in [2.45, 2.75) is 48.0 Å². The predicted octanol–water partition coefficient (Wildman–Crippen LogP) is 3.67. The standard InChI is InChI=1S/C15H25NO/c1-9(8-16)7-15(6)13(5)11(3)10(2)12(4)14(15)17/h9-13H,7H2,1-6H3. The fourth-order valence-corrected chi connectivity index (χ4v) is 3.44. The lowest BCUT2D eigenvalue weighted by Gasteiger charge is -2.48. The second-order valence-corrected chi connectivity index (χ2v) is 6.31. The molecule has 1 aliphatic carbocycles. The smallest absolute Gasteiger partial charge is 0.142 e. The lowest BCUT2D eigenvalue weighted by Crippen LogP contribution is -2.50. The van der Waals surface area contributed by atoms with E-state index in [1.807, 2.05) is 13.8 Å². The number of hydrogen-bond acceptors (Lipinski definition) is 2. The molecular formula is C15H25NO. The second-order valence-electron chi connectivity index (χ2n) is 6.31. The summed E-state index contributed by atoms with van der Waals surface area (Å²) >= 11 is 0. The van der Waals surface area contributed by atoms with Crippen molar-refractivity contribution in [1.82, 2.24) is 0 Å². The molecule has 6 unspecified atom stereocenters. The van der Waals surface area contributed by atoms with Gasteiger partial charge in [-0.25, -0.2) is 0 Å². The molecule has 0 aromatic carbocycles.